The lowest BCUT2D eigenvalue weighted by atomic mass is 9.91. The Morgan fingerprint density at radius 2 is 1.97 bits per heavy atom. The summed E-state index contributed by atoms with van der Waals surface area (Å²) in [5, 5.41) is 24.6. The highest BCUT2D eigenvalue weighted by Gasteiger charge is 2.38. The van der Waals surface area contributed by atoms with Crippen LogP contribution in [0.2, 0.25) is 0 Å². The van der Waals surface area contributed by atoms with E-state index < -0.39 is 11.7 Å². The summed E-state index contributed by atoms with van der Waals surface area (Å²) < 4.78 is 42.3. The van der Waals surface area contributed by atoms with Crippen LogP contribution in [-0.2, 0) is 6.18 Å². The first-order chi connectivity index (χ1) is 15.2. The van der Waals surface area contributed by atoms with Crippen LogP contribution in [0.25, 0.3) is 16.6 Å². The standard InChI is InChI=1S/C22H23F3N6O/c1-12-19(26)13(10-27-2)9-15(20(12)32)16-4-3-14-18(22(23,24)25)17(11-29-21(14)30-16)31-7-5-28-6-8-31/h3-4,9-11,26-28,32H,5-8H2,1-2H3/b13-10-,26-19?. The minimum absolute atomic E-state index is 0.0456. The Labute approximate surface area is 182 Å². The smallest absolute Gasteiger partial charge is 0.419 e. The Morgan fingerprint density at radius 1 is 1.25 bits per heavy atom. The molecule has 3 heterocycles. The molecular formula is C22H23F3N6O. The topological polar surface area (TPSA) is 97.2 Å². The van der Waals surface area contributed by atoms with Crippen molar-refractivity contribution < 1.29 is 18.3 Å². The van der Waals surface area contributed by atoms with E-state index in [4.69, 9.17) is 5.41 Å². The van der Waals surface area contributed by atoms with Crippen LogP contribution in [-0.4, -0.2) is 54.0 Å². The summed E-state index contributed by atoms with van der Waals surface area (Å²) in [4.78, 5) is 10.3. The van der Waals surface area contributed by atoms with Gasteiger partial charge in [0.1, 0.15) is 5.76 Å². The third-order valence-corrected chi connectivity index (χ3v) is 5.60. The molecule has 1 saturated heterocycles. The van der Waals surface area contributed by atoms with Gasteiger partial charge < -0.3 is 20.6 Å². The van der Waals surface area contributed by atoms with Gasteiger partial charge in [0, 0.05) is 61.5 Å². The summed E-state index contributed by atoms with van der Waals surface area (Å²) in [6, 6.07) is 2.80. The van der Waals surface area contributed by atoms with Gasteiger partial charge in [-0.2, -0.15) is 13.2 Å². The maximum absolute atomic E-state index is 14.1. The zero-order chi connectivity index (χ0) is 23.0. The highest BCUT2D eigenvalue weighted by Crippen LogP contribution is 2.41. The minimum atomic E-state index is -4.58. The van der Waals surface area contributed by atoms with Crippen molar-refractivity contribution >= 4 is 28.0 Å². The van der Waals surface area contributed by atoms with Gasteiger partial charge in [0.2, 0.25) is 0 Å². The van der Waals surface area contributed by atoms with Gasteiger partial charge in [0.15, 0.2) is 5.65 Å². The van der Waals surface area contributed by atoms with Crippen LogP contribution in [0.5, 0.6) is 0 Å². The first kappa shape index (κ1) is 21.8. The molecule has 0 unspecified atom stereocenters. The van der Waals surface area contributed by atoms with Crippen LogP contribution in [0.4, 0.5) is 18.9 Å². The third-order valence-electron chi connectivity index (χ3n) is 5.60. The molecule has 0 bridgehead atoms. The number of halogens is 3. The molecule has 1 fully saturated rings. The monoisotopic (exact) mass is 444 g/mol. The molecule has 0 radical (unpaired) electrons. The summed E-state index contributed by atoms with van der Waals surface area (Å²) in [7, 11) is 1.69. The van der Waals surface area contributed by atoms with Gasteiger partial charge in [-0.3, -0.25) is 5.41 Å². The Morgan fingerprint density at radius 3 is 2.62 bits per heavy atom. The number of nitrogens with zero attached hydrogens (tertiary/aromatic N) is 3. The second kappa shape index (κ2) is 8.27. The highest BCUT2D eigenvalue weighted by atomic mass is 19.4. The van der Waals surface area contributed by atoms with Crippen LogP contribution in [0, 0.1) is 5.41 Å². The molecule has 0 amide bonds. The van der Waals surface area contributed by atoms with Crippen molar-refractivity contribution in [2.45, 2.75) is 13.1 Å². The Hall–Kier alpha value is -3.40. The van der Waals surface area contributed by atoms with Crippen molar-refractivity contribution in [2.75, 3.05) is 38.1 Å². The van der Waals surface area contributed by atoms with E-state index in [0.717, 1.165) is 0 Å². The SMILES string of the molecule is CN/C=C1/C=C(c2ccc3c(C(F)(F)F)c(N4CCNCC4)cnc3n2)C(O)=C(C)C1=N. The van der Waals surface area contributed by atoms with Gasteiger partial charge in [-0.1, -0.05) is 0 Å². The zero-order valence-electron chi connectivity index (χ0n) is 17.6. The first-order valence-electron chi connectivity index (χ1n) is 10.1. The number of aromatic nitrogens is 2. The fourth-order valence-corrected chi connectivity index (χ4v) is 3.96. The molecule has 7 nitrogen and oxygen atoms in total. The number of hydrogen-bond acceptors (Lipinski definition) is 7. The van der Waals surface area contributed by atoms with E-state index in [2.05, 4.69) is 20.6 Å². The second-order valence-electron chi connectivity index (χ2n) is 7.62. The van der Waals surface area contributed by atoms with Crippen LogP contribution in [0.15, 0.2) is 47.5 Å². The van der Waals surface area contributed by atoms with Gasteiger partial charge in [-0.15, -0.1) is 0 Å². The molecule has 2 aliphatic rings. The van der Waals surface area contributed by atoms with Crippen LogP contribution < -0.4 is 15.5 Å². The predicted molar refractivity (Wildman–Crippen MR) is 118 cm³/mol. The molecule has 168 valence electrons. The molecule has 32 heavy (non-hydrogen) atoms. The van der Waals surface area contributed by atoms with E-state index in [0.29, 0.717) is 42.9 Å². The number of pyridine rings is 2. The predicted octanol–water partition coefficient (Wildman–Crippen LogP) is 3.41. The van der Waals surface area contributed by atoms with Crippen molar-refractivity contribution in [1.82, 2.24) is 20.6 Å². The van der Waals surface area contributed by atoms with E-state index in [-0.39, 0.29) is 33.9 Å². The normalized spacial score (nSPS) is 19.0. The molecule has 0 atom stereocenters. The Kier molecular flexibility index (Phi) is 5.64. The minimum Gasteiger partial charge on any atom is -0.507 e. The summed E-state index contributed by atoms with van der Waals surface area (Å²) in [6.45, 7) is 3.72. The van der Waals surface area contributed by atoms with E-state index in [1.165, 1.54) is 18.3 Å². The summed E-state index contributed by atoms with van der Waals surface area (Å²) in [6.07, 6.45) is -0.162. The highest BCUT2D eigenvalue weighted by molar-refractivity contribution is 6.17. The van der Waals surface area contributed by atoms with Gasteiger partial charge in [-0.25, -0.2) is 9.97 Å². The molecule has 4 rings (SSSR count). The lowest BCUT2D eigenvalue weighted by molar-refractivity contribution is -0.135. The number of rotatable bonds is 3. The lowest BCUT2D eigenvalue weighted by Gasteiger charge is -2.31. The average molecular weight is 444 g/mol. The summed E-state index contributed by atoms with van der Waals surface area (Å²) in [5.41, 5.74) is 0.864. The lowest BCUT2D eigenvalue weighted by Crippen LogP contribution is -2.44. The van der Waals surface area contributed by atoms with Crippen molar-refractivity contribution in [1.29, 1.82) is 5.41 Å². The molecule has 4 N–H and O–H groups in total. The fourth-order valence-electron chi connectivity index (χ4n) is 3.96. The number of nitrogens with one attached hydrogen (secondary N) is 3. The van der Waals surface area contributed by atoms with E-state index >= 15 is 0 Å². The number of fused-ring (bicyclic) bond motifs is 1. The van der Waals surface area contributed by atoms with E-state index in [9.17, 15) is 18.3 Å². The maximum atomic E-state index is 14.1. The molecule has 2 aromatic heterocycles. The van der Waals surface area contributed by atoms with E-state index in [1.807, 2.05) is 0 Å². The maximum Gasteiger partial charge on any atom is 0.419 e. The van der Waals surface area contributed by atoms with Crippen molar-refractivity contribution in [3.63, 3.8) is 0 Å². The molecule has 0 saturated carbocycles. The first-order valence-corrected chi connectivity index (χ1v) is 10.1. The molecule has 1 aliphatic heterocycles. The van der Waals surface area contributed by atoms with Gasteiger partial charge >= 0.3 is 6.18 Å². The number of alkyl halides is 3. The van der Waals surface area contributed by atoms with Crippen LogP contribution in [0.3, 0.4) is 0 Å². The second-order valence-corrected chi connectivity index (χ2v) is 7.62. The fraction of sp³-hybridized carbons (Fsp3) is 0.318. The molecule has 1 aliphatic carbocycles. The average Bonchev–Trinajstić information content (AvgIpc) is 2.78. The number of anilines is 1. The molecule has 0 aromatic carbocycles. The Balaban J connectivity index is 1.86. The zero-order valence-corrected chi connectivity index (χ0v) is 17.6. The summed E-state index contributed by atoms with van der Waals surface area (Å²) in [5.74, 6) is -0.136. The molecule has 2 aromatic rings. The molecule has 0 spiro atoms. The quantitative estimate of drug-likeness (QED) is 0.580. The summed E-state index contributed by atoms with van der Waals surface area (Å²) >= 11 is 0. The van der Waals surface area contributed by atoms with Gasteiger partial charge in [0.25, 0.3) is 0 Å². The molecular weight excluding hydrogens is 421 g/mol. The third kappa shape index (κ3) is 3.81. The van der Waals surface area contributed by atoms with E-state index in [1.54, 1.807) is 31.1 Å². The largest absolute Gasteiger partial charge is 0.507 e. The molecule has 10 heteroatoms. The van der Waals surface area contributed by atoms with Crippen molar-refractivity contribution in [3.05, 3.63) is 58.8 Å². The number of allylic oxidation sites excluding steroid dienone is 4. The van der Waals surface area contributed by atoms with Crippen LogP contribution in [0.1, 0.15) is 18.2 Å². The number of hydrogen-bond donors (Lipinski definition) is 4. The van der Waals surface area contributed by atoms with Crippen LogP contribution >= 0.6 is 0 Å². The van der Waals surface area contributed by atoms with Gasteiger partial charge in [-0.05, 0) is 25.1 Å². The number of aliphatic hydroxyl groups excluding tert-OH is 1. The number of piperazine rings is 1. The van der Waals surface area contributed by atoms with Crippen molar-refractivity contribution in [2.24, 2.45) is 0 Å². The van der Waals surface area contributed by atoms with Crippen molar-refractivity contribution in [3.8, 4) is 0 Å². The Bertz CT molecular complexity index is 1180. The van der Waals surface area contributed by atoms with Gasteiger partial charge in [0.05, 0.1) is 28.9 Å². The number of aliphatic hydroxyl groups is 1.